The first-order chi connectivity index (χ1) is 19.8. The Morgan fingerprint density at radius 1 is 0.854 bits per heavy atom. The number of anilines is 1. The third-order valence-electron chi connectivity index (χ3n) is 9.36. The zero-order chi connectivity index (χ0) is 29.1. The molecule has 4 nitrogen and oxygen atoms in total. The molecule has 5 rings (SSSR count). The molecule has 2 heterocycles. The monoisotopic (exact) mass is 561 g/mol. The van der Waals surface area contributed by atoms with Crippen molar-refractivity contribution in [2.24, 2.45) is 0 Å². The Kier molecular flexibility index (Phi) is 9.00. The molecule has 0 aliphatic carbocycles. The maximum Gasteiger partial charge on any atom is 0.127 e. The largest absolute Gasteiger partial charge is 0.485 e. The summed E-state index contributed by atoms with van der Waals surface area (Å²) in [6, 6.07) is 13.4. The number of nitrogens with zero attached hydrogens (tertiary/aromatic N) is 1. The molecular formula is C35H45F2N3O. The van der Waals surface area contributed by atoms with Crippen LogP contribution in [0.5, 0.6) is 5.75 Å². The highest BCUT2D eigenvalue weighted by molar-refractivity contribution is 5.68. The number of ether oxygens (including phenoxy) is 1. The number of likely N-dealkylation sites (tertiary alicyclic amines) is 1. The second-order valence-corrected chi connectivity index (χ2v) is 11.8. The third-order valence-corrected chi connectivity index (χ3v) is 9.36. The van der Waals surface area contributed by atoms with Crippen molar-refractivity contribution in [3.05, 3.63) is 93.5 Å². The van der Waals surface area contributed by atoms with E-state index < -0.39 is 0 Å². The third kappa shape index (κ3) is 6.00. The Balaban J connectivity index is 1.29. The molecule has 1 unspecified atom stereocenters. The number of fused-ring (bicyclic) bond motifs is 1. The molecule has 2 aliphatic rings. The Morgan fingerprint density at radius 2 is 1.39 bits per heavy atom. The van der Waals surface area contributed by atoms with E-state index in [9.17, 15) is 8.78 Å². The summed E-state index contributed by atoms with van der Waals surface area (Å²) in [6.45, 7) is 11.7. The summed E-state index contributed by atoms with van der Waals surface area (Å²) in [6.07, 6.45) is 6.64. The van der Waals surface area contributed by atoms with E-state index in [-0.39, 0.29) is 23.3 Å². The van der Waals surface area contributed by atoms with Gasteiger partial charge in [-0.1, -0.05) is 52.0 Å². The molecule has 2 aliphatic heterocycles. The molecule has 0 bridgehead atoms. The predicted molar refractivity (Wildman–Crippen MR) is 164 cm³/mol. The van der Waals surface area contributed by atoms with E-state index in [2.05, 4.69) is 37.9 Å². The summed E-state index contributed by atoms with van der Waals surface area (Å²) in [5.74, 6) is 0.591. The first kappa shape index (κ1) is 29.5. The Labute approximate surface area is 244 Å². The minimum atomic E-state index is -0.258. The van der Waals surface area contributed by atoms with Crippen LogP contribution in [0.2, 0.25) is 0 Å². The minimum absolute atomic E-state index is 0.124. The lowest BCUT2D eigenvalue weighted by molar-refractivity contribution is 0.0321. The SMILES string of the molecule is CCc1c(N)c(CC)c2c(c1CC)OC(CC)(CN1CCC(NC(c3ccc(F)cc3)c3ccc(F)cc3)CC1)C2. The summed E-state index contributed by atoms with van der Waals surface area (Å²) < 4.78 is 34.3. The van der Waals surface area contributed by atoms with E-state index in [1.165, 1.54) is 46.5 Å². The van der Waals surface area contributed by atoms with Gasteiger partial charge in [0.2, 0.25) is 0 Å². The van der Waals surface area contributed by atoms with Crippen molar-refractivity contribution < 1.29 is 13.5 Å². The quantitative estimate of drug-likeness (QED) is 0.258. The zero-order valence-electron chi connectivity index (χ0n) is 25.0. The van der Waals surface area contributed by atoms with Crippen molar-refractivity contribution in [2.45, 2.75) is 90.3 Å². The molecule has 3 N–H and O–H groups in total. The lowest BCUT2D eigenvalue weighted by atomic mass is 9.86. The molecule has 0 saturated carbocycles. The lowest BCUT2D eigenvalue weighted by Crippen LogP contribution is -2.51. The van der Waals surface area contributed by atoms with Gasteiger partial charge in [0.05, 0.1) is 6.04 Å². The van der Waals surface area contributed by atoms with Gasteiger partial charge in [0, 0.05) is 30.3 Å². The number of hydrogen-bond acceptors (Lipinski definition) is 4. The predicted octanol–water partition coefficient (Wildman–Crippen LogP) is 7.16. The smallest absolute Gasteiger partial charge is 0.127 e. The molecule has 1 atom stereocenters. The molecular weight excluding hydrogens is 516 g/mol. The number of nitrogens with one attached hydrogen (secondary N) is 1. The van der Waals surface area contributed by atoms with Gasteiger partial charge in [0.25, 0.3) is 0 Å². The van der Waals surface area contributed by atoms with Gasteiger partial charge in [-0.3, -0.25) is 4.90 Å². The molecule has 6 heteroatoms. The van der Waals surface area contributed by atoms with Gasteiger partial charge in [-0.25, -0.2) is 8.78 Å². The molecule has 0 aromatic heterocycles. The zero-order valence-corrected chi connectivity index (χ0v) is 25.0. The van der Waals surface area contributed by atoms with Crippen LogP contribution in [-0.2, 0) is 25.7 Å². The second kappa shape index (κ2) is 12.5. The number of rotatable bonds is 10. The number of nitrogen functional groups attached to an aromatic ring is 1. The molecule has 0 spiro atoms. The van der Waals surface area contributed by atoms with Crippen molar-refractivity contribution in [3.8, 4) is 5.75 Å². The molecule has 3 aromatic rings. The van der Waals surface area contributed by atoms with Gasteiger partial charge < -0.3 is 15.8 Å². The van der Waals surface area contributed by atoms with Crippen molar-refractivity contribution in [2.75, 3.05) is 25.4 Å². The van der Waals surface area contributed by atoms with Crippen LogP contribution >= 0.6 is 0 Å². The van der Waals surface area contributed by atoms with E-state index in [0.717, 1.165) is 87.1 Å². The minimum Gasteiger partial charge on any atom is -0.485 e. The normalized spacial score (nSPS) is 19.5. The number of piperidine rings is 1. The fourth-order valence-corrected chi connectivity index (χ4v) is 7.02. The number of benzene rings is 3. The van der Waals surface area contributed by atoms with Gasteiger partial charge in [0.15, 0.2) is 0 Å². The van der Waals surface area contributed by atoms with E-state index in [4.69, 9.17) is 10.5 Å². The lowest BCUT2D eigenvalue weighted by Gasteiger charge is -2.39. The van der Waals surface area contributed by atoms with E-state index >= 15 is 0 Å². The van der Waals surface area contributed by atoms with Gasteiger partial charge in [-0.2, -0.15) is 0 Å². The van der Waals surface area contributed by atoms with Crippen LogP contribution in [0, 0.1) is 11.6 Å². The highest BCUT2D eigenvalue weighted by Crippen LogP contribution is 2.46. The Morgan fingerprint density at radius 3 is 1.88 bits per heavy atom. The van der Waals surface area contributed by atoms with Crippen LogP contribution in [0.1, 0.15) is 86.4 Å². The summed E-state index contributed by atoms with van der Waals surface area (Å²) in [4.78, 5) is 2.56. The highest BCUT2D eigenvalue weighted by Gasteiger charge is 2.43. The summed E-state index contributed by atoms with van der Waals surface area (Å²) in [7, 11) is 0. The fourth-order valence-electron chi connectivity index (χ4n) is 7.02. The molecule has 220 valence electrons. The number of nitrogens with two attached hydrogens (primary N) is 1. The van der Waals surface area contributed by atoms with Gasteiger partial charge in [0.1, 0.15) is 23.0 Å². The van der Waals surface area contributed by atoms with Crippen molar-refractivity contribution >= 4 is 5.69 Å². The van der Waals surface area contributed by atoms with Gasteiger partial charge >= 0.3 is 0 Å². The average molecular weight is 562 g/mol. The molecule has 41 heavy (non-hydrogen) atoms. The van der Waals surface area contributed by atoms with E-state index in [1.54, 1.807) is 0 Å². The van der Waals surface area contributed by atoms with E-state index in [1.807, 2.05) is 24.3 Å². The Bertz CT molecular complexity index is 1290. The van der Waals surface area contributed by atoms with Crippen LogP contribution in [0.25, 0.3) is 0 Å². The van der Waals surface area contributed by atoms with Gasteiger partial charge in [-0.15, -0.1) is 0 Å². The maximum atomic E-state index is 13.7. The number of hydrogen-bond donors (Lipinski definition) is 2. The second-order valence-electron chi connectivity index (χ2n) is 11.8. The van der Waals surface area contributed by atoms with Crippen LogP contribution in [0.15, 0.2) is 48.5 Å². The molecule has 3 aromatic carbocycles. The first-order valence-electron chi connectivity index (χ1n) is 15.4. The summed E-state index contributed by atoms with van der Waals surface area (Å²) in [5.41, 5.74) is 14.6. The number of halogens is 2. The topological polar surface area (TPSA) is 50.5 Å². The fraction of sp³-hybridized carbons (Fsp3) is 0.486. The average Bonchev–Trinajstić information content (AvgIpc) is 3.36. The van der Waals surface area contributed by atoms with Crippen LogP contribution in [-0.4, -0.2) is 36.2 Å². The van der Waals surface area contributed by atoms with Gasteiger partial charge in [-0.05, 0) is 104 Å². The molecule has 0 amide bonds. The van der Waals surface area contributed by atoms with Crippen LogP contribution < -0.4 is 15.8 Å². The maximum absolute atomic E-state index is 13.7. The van der Waals surface area contributed by atoms with Crippen molar-refractivity contribution in [1.29, 1.82) is 0 Å². The van der Waals surface area contributed by atoms with Crippen molar-refractivity contribution in [3.63, 3.8) is 0 Å². The van der Waals surface area contributed by atoms with Crippen LogP contribution in [0.3, 0.4) is 0 Å². The summed E-state index contributed by atoms with van der Waals surface area (Å²) >= 11 is 0. The van der Waals surface area contributed by atoms with Crippen molar-refractivity contribution in [1.82, 2.24) is 10.2 Å². The standard InChI is InChI=1S/C35H45F2N3O/c1-5-28-30(7-3)34-31(29(6-2)32(28)38)21-35(8-4,41-34)22-40-19-17-27(18-20-40)39-33(23-9-13-25(36)14-10-23)24-11-15-26(37)16-12-24/h9-16,27,33,39H,5-8,17-22,38H2,1-4H3. The summed E-state index contributed by atoms with van der Waals surface area (Å²) in [5, 5.41) is 3.81. The first-order valence-corrected chi connectivity index (χ1v) is 15.4. The van der Waals surface area contributed by atoms with Crippen LogP contribution in [0.4, 0.5) is 14.5 Å². The molecule has 1 fully saturated rings. The molecule has 1 saturated heterocycles. The molecule has 0 radical (unpaired) electrons. The Hall–Kier alpha value is -2.96. The highest BCUT2D eigenvalue weighted by atomic mass is 19.1. The van der Waals surface area contributed by atoms with E-state index in [0.29, 0.717) is 6.04 Å².